The number of hydrogen-bond acceptors (Lipinski definition) is 14. The van der Waals surface area contributed by atoms with Crippen molar-refractivity contribution in [3.05, 3.63) is 0 Å². The summed E-state index contributed by atoms with van der Waals surface area (Å²) in [6.07, 6.45) is 19.6. The molecule has 2 saturated heterocycles. The van der Waals surface area contributed by atoms with E-state index in [-0.39, 0.29) is 61.5 Å². The molecule has 6 atom stereocenters. The van der Waals surface area contributed by atoms with Gasteiger partial charge in [-0.3, -0.25) is 19.4 Å². The number of nitrogens with zero attached hydrogens (tertiary/aromatic N) is 2. The quantitative estimate of drug-likeness (QED) is 0.0298. The van der Waals surface area contributed by atoms with Gasteiger partial charge in [-0.1, -0.05) is 0 Å². The largest absolute Gasteiger partial charge is 0.462 e. The molecule has 0 radical (unpaired) electrons. The number of esters is 2. The maximum Gasteiger partial charge on any atom is 0.407 e. The van der Waals surface area contributed by atoms with Gasteiger partial charge in [0.1, 0.15) is 13.2 Å². The highest BCUT2D eigenvalue weighted by molar-refractivity contribution is 5.69. The molecule has 0 aromatic carbocycles. The Morgan fingerprint density at radius 3 is 0.986 bits per heavy atom. The van der Waals surface area contributed by atoms with Gasteiger partial charge in [-0.05, 0) is 179 Å². The van der Waals surface area contributed by atoms with E-state index in [0.717, 1.165) is 142 Å². The zero-order chi connectivity index (χ0) is 49.8. The second-order valence-electron chi connectivity index (χ2n) is 21.9. The number of hydrogen-bond donors (Lipinski definition) is 4. The molecule has 70 heavy (non-hydrogen) atoms. The van der Waals surface area contributed by atoms with Crippen LogP contribution in [0.25, 0.3) is 0 Å². The van der Waals surface area contributed by atoms with E-state index in [0.29, 0.717) is 62.1 Å². The van der Waals surface area contributed by atoms with Crippen LogP contribution < -0.4 is 21.3 Å². The number of amides is 4. The molecule has 6 aliphatic rings. The van der Waals surface area contributed by atoms with Gasteiger partial charge < -0.3 is 49.7 Å². The van der Waals surface area contributed by atoms with E-state index in [1.165, 1.54) is 26.7 Å². The molecule has 18 nitrogen and oxygen atoms in total. The van der Waals surface area contributed by atoms with Crippen molar-refractivity contribution in [3.63, 3.8) is 0 Å². The molecule has 6 unspecified atom stereocenters. The van der Waals surface area contributed by atoms with Crippen LogP contribution in [-0.4, -0.2) is 147 Å². The lowest BCUT2D eigenvalue weighted by Gasteiger charge is -2.34. The number of carbonyl (C=O) groups excluding carboxylic acids is 6. The van der Waals surface area contributed by atoms with Gasteiger partial charge in [-0.25, -0.2) is 19.2 Å². The summed E-state index contributed by atoms with van der Waals surface area (Å²) >= 11 is 0. The normalized spacial score (nSPS) is 31.3. The Bertz CT molecular complexity index is 1520. The third-order valence-corrected chi connectivity index (χ3v) is 15.9. The number of nitrogens with one attached hydrogen (secondary N) is 4. The first-order valence-electron chi connectivity index (χ1n) is 27.3. The molecule has 4 aliphatic carbocycles. The van der Waals surface area contributed by atoms with Crippen molar-refractivity contribution in [2.24, 2.45) is 23.7 Å². The first-order valence-corrected chi connectivity index (χ1v) is 27.3. The molecule has 4 saturated carbocycles. The van der Waals surface area contributed by atoms with Crippen molar-refractivity contribution in [2.45, 2.75) is 217 Å². The van der Waals surface area contributed by atoms with Crippen LogP contribution in [0.5, 0.6) is 0 Å². The molecule has 0 aromatic heterocycles. The molecular formula is C52H88N6O12. The third-order valence-electron chi connectivity index (χ3n) is 15.9. The predicted octanol–water partition coefficient (Wildman–Crippen LogP) is 7.74. The lowest BCUT2D eigenvalue weighted by atomic mass is 9.76. The van der Waals surface area contributed by atoms with Gasteiger partial charge in [0, 0.05) is 76.3 Å². The van der Waals surface area contributed by atoms with Crippen molar-refractivity contribution in [1.29, 1.82) is 0 Å². The highest BCUT2D eigenvalue weighted by Crippen LogP contribution is 2.37. The predicted molar refractivity (Wildman–Crippen MR) is 262 cm³/mol. The van der Waals surface area contributed by atoms with Gasteiger partial charge in [-0.15, -0.1) is 0 Å². The van der Waals surface area contributed by atoms with Gasteiger partial charge in [0.2, 0.25) is 0 Å². The third kappa shape index (κ3) is 21.3. The minimum Gasteiger partial charge on any atom is -0.462 e. The zero-order valence-electron chi connectivity index (χ0n) is 42.9. The van der Waals surface area contributed by atoms with Gasteiger partial charge in [0.25, 0.3) is 0 Å². The molecule has 0 aromatic rings. The fourth-order valence-electron chi connectivity index (χ4n) is 11.4. The Kier molecular flexibility index (Phi) is 22.8. The Morgan fingerprint density at radius 2 is 0.714 bits per heavy atom. The summed E-state index contributed by atoms with van der Waals surface area (Å²) in [6, 6.07) is 1.44. The van der Waals surface area contributed by atoms with Crippen molar-refractivity contribution in [2.75, 3.05) is 52.6 Å². The zero-order valence-corrected chi connectivity index (χ0v) is 42.9. The fourth-order valence-corrected chi connectivity index (χ4v) is 11.4. The lowest BCUT2D eigenvalue weighted by molar-refractivity contribution is -0.144. The molecule has 0 spiro atoms. The number of alkyl carbamates (subject to hydrolysis) is 4. The molecule has 0 bridgehead atoms. The molecule has 2 heterocycles. The highest BCUT2D eigenvalue weighted by Gasteiger charge is 2.36. The molecule has 4 N–H and O–H groups in total. The summed E-state index contributed by atoms with van der Waals surface area (Å²) in [6.45, 7) is 10.9. The smallest absolute Gasteiger partial charge is 0.407 e. The SMILES string of the molecule is CC(=O)OCC(CN1CC1C)OC(=O)NC1CCC(CC2CCC(NC(=O)OCCCCCCOC(=O)NC3CCC(CC4CCC(NC(=O)OC(COC(C)=O)CN5CC5C)CC4)CC3)CC2)CC1. The van der Waals surface area contributed by atoms with Crippen LogP contribution in [0, 0.1) is 23.7 Å². The Hall–Kier alpha value is -4.06. The lowest BCUT2D eigenvalue weighted by Crippen LogP contribution is -2.42. The van der Waals surface area contributed by atoms with Gasteiger partial charge >= 0.3 is 36.3 Å². The van der Waals surface area contributed by atoms with E-state index in [4.69, 9.17) is 28.4 Å². The van der Waals surface area contributed by atoms with Gasteiger partial charge in [0.15, 0.2) is 12.2 Å². The van der Waals surface area contributed by atoms with Crippen LogP contribution >= 0.6 is 0 Å². The van der Waals surface area contributed by atoms with Crippen molar-refractivity contribution >= 4 is 36.3 Å². The summed E-state index contributed by atoms with van der Waals surface area (Å²) < 4.78 is 32.6. The van der Waals surface area contributed by atoms with Crippen LogP contribution in [0.3, 0.4) is 0 Å². The second kappa shape index (κ2) is 28.8. The van der Waals surface area contributed by atoms with Crippen LogP contribution in [0.4, 0.5) is 19.2 Å². The number of unbranched alkanes of at least 4 members (excludes halogenated alkanes) is 3. The molecule has 6 fully saturated rings. The topological polar surface area (TPSA) is 212 Å². The van der Waals surface area contributed by atoms with E-state index >= 15 is 0 Å². The van der Waals surface area contributed by atoms with Gasteiger partial charge in [-0.2, -0.15) is 0 Å². The molecule has 4 amide bonds. The van der Waals surface area contributed by atoms with E-state index in [1.807, 2.05) is 0 Å². The summed E-state index contributed by atoms with van der Waals surface area (Å²) in [5.74, 6) is 1.86. The average Bonchev–Trinajstić information content (AvgIpc) is 4.23. The molecule has 2 aliphatic heterocycles. The molecular weight excluding hydrogens is 901 g/mol. The fraction of sp³-hybridized carbons (Fsp3) is 0.885. The first-order chi connectivity index (χ1) is 33.7. The maximum absolute atomic E-state index is 12.7. The van der Waals surface area contributed by atoms with E-state index in [1.54, 1.807) is 0 Å². The Balaban J connectivity index is 0.702. The minimum atomic E-state index is -0.476. The summed E-state index contributed by atoms with van der Waals surface area (Å²) in [5.41, 5.74) is 0. The number of ether oxygens (including phenoxy) is 6. The van der Waals surface area contributed by atoms with Crippen molar-refractivity contribution < 1.29 is 57.2 Å². The Morgan fingerprint density at radius 1 is 0.429 bits per heavy atom. The molecule has 398 valence electrons. The Labute approximate surface area is 417 Å². The standard InChI is InChI=1S/C52H88N6O12/c1-35-29-57(35)31-47(33-67-37(3)59)69-51(63)55-45-21-13-41(14-22-45)27-39-9-17-43(18-10-39)53-49(61)65-25-7-5-6-8-26-66-50(62)54-44-19-11-40(12-20-44)28-42-15-23-46(24-16-42)56-52(64)70-48(34-68-38(4)60)32-58-30-36(58)2/h35-36,39-48H,5-34H2,1-4H3,(H,53,61)(H,54,62)(H,55,63)(H,56,64). The van der Waals surface area contributed by atoms with E-state index in [2.05, 4.69) is 44.9 Å². The average molecular weight is 989 g/mol. The number of carbonyl (C=O) groups is 6. The minimum absolute atomic E-state index is 0.0713. The second-order valence-corrected chi connectivity index (χ2v) is 21.9. The summed E-state index contributed by atoms with van der Waals surface area (Å²) in [7, 11) is 0. The molecule has 18 heteroatoms. The maximum atomic E-state index is 12.7. The van der Waals surface area contributed by atoms with E-state index < -0.39 is 24.4 Å². The highest BCUT2D eigenvalue weighted by atomic mass is 16.6. The van der Waals surface area contributed by atoms with Crippen LogP contribution in [0.1, 0.15) is 169 Å². The first kappa shape index (κ1) is 55.3. The van der Waals surface area contributed by atoms with Crippen LogP contribution in [0.15, 0.2) is 0 Å². The van der Waals surface area contributed by atoms with Crippen molar-refractivity contribution in [3.8, 4) is 0 Å². The summed E-state index contributed by atoms with van der Waals surface area (Å²) in [5, 5.41) is 12.3. The van der Waals surface area contributed by atoms with Crippen LogP contribution in [-0.2, 0) is 38.0 Å². The number of rotatable bonds is 25. The van der Waals surface area contributed by atoms with E-state index in [9.17, 15) is 28.8 Å². The van der Waals surface area contributed by atoms with Crippen molar-refractivity contribution in [1.82, 2.24) is 31.1 Å². The molecule has 6 rings (SSSR count). The van der Waals surface area contributed by atoms with Crippen LogP contribution in [0.2, 0.25) is 0 Å². The summed E-state index contributed by atoms with van der Waals surface area (Å²) in [4.78, 5) is 77.4. The van der Waals surface area contributed by atoms with Gasteiger partial charge in [0.05, 0.1) is 13.2 Å². The monoisotopic (exact) mass is 989 g/mol.